The highest BCUT2D eigenvalue weighted by Gasteiger charge is 1.86. The number of rotatable bonds is 2. The highest BCUT2D eigenvalue weighted by molar-refractivity contribution is 4.97. The van der Waals surface area contributed by atoms with E-state index in [4.69, 9.17) is 0 Å². The molecule has 2 heteroatoms. The van der Waals surface area contributed by atoms with Gasteiger partial charge >= 0.3 is 0 Å². The molecule has 0 bridgehead atoms. The maximum atomic E-state index is 3.98. The Hall–Kier alpha value is -1.18. The Morgan fingerprint density at radius 3 is 3.11 bits per heavy atom. The molecule has 0 N–H and O–H groups in total. The summed E-state index contributed by atoms with van der Waals surface area (Å²) in [6.45, 7) is 3.57. The average molecular weight is 119 g/mol. The van der Waals surface area contributed by atoms with Gasteiger partial charge in [0, 0.05) is 18.8 Å². The molecular weight excluding hydrogens is 112 g/mol. The molecule has 0 aromatic carbocycles. The average Bonchev–Trinajstić information content (AvgIpc) is 1.91. The van der Waals surface area contributed by atoms with Crippen LogP contribution in [0.5, 0.6) is 0 Å². The molecule has 1 rings (SSSR count). The molecule has 1 radical (unpaired) electrons. The van der Waals surface area contributed by atoms with Crippen LogP contribution in [0.3, 0.4) is 0 Å². The highest BCUT2D eigenvalue weighted by atomic mass is 14.8. The van der Waals surface area contributed by atoms with E-state index in [1.165, 1.54) is 0 Å². The molecule has 0 unspecified atom stereocenters. The lowest BCUT2D eigenvalue weighted by molar-refractivity contribution is 1.05. The van der Waals surface area contributed by atoms with Gasteiger partial charge in [-0.05, 0) is 0 Å². The van der Waals surface area contributed by atoms with Crippen molar-refractivity contribution in [1.82, 2.24) is 9.97 Å². The van der Waals surface area contributed by atoms with E-state index in [1.54, 1.807) is 18.5 Å². The van der Waals surface area contributed by atoms with E-state index in [2.05, 4.69) is 22.7 Å². The standard InChI is InChI=1S/C7H7N2/c1-2-3-7-6-8-4-5-9-7/h2,4-5H,1,3H2. The van der Waals surface area contributed by atoms with Gasteiger partial charge in [-0.3, -0.25) is 9.97 Å². The minimum absolute atomic E-state index is 0.744. The molecule has 1 aromatic heterocycles. The lowest BCUT2D eigenvalue weighted by Gasteiger charge is -1.88. The number of hydrogen-bond acceptors (Lipinski definition) is 2. The molecule has 45 valence electrons. The van der Waals surface area contributed by atoms with E-state index >= 15 is 0 Å². The molecule has 2 nitrogen and oxygen atoms in total. The summed E-state index contributed by atoms with van der Waals surface area (Å²) in [5, 5.41) is 0. The molecule has 1 heterocycles. The van der Waals surface area contributed by atoms with Crippen molar-refractivity contribution in [2.45, 2.75) is 6.42 Å². The summed E-state index contributed by atoms with van der Waals surface area (Å²) in [6.07, 6.45) is 8.51. The van der Waals surface area contributed by atoms with Crippen molar-refractivity contribution in [2.24, 2.45) is 0 Å². The number of allylic oxidation sites excluding steroid dienone is 1. The maximum Gasteiger partial charge on any atom is 0.112 e. The van der Waals surface area contributed by atoms with Crippen LogP contribution in [0.25, 0.3) is 0 Å². The van der Waals surface area contributed by atoms with Gasteiger partial charge in [0.05, 0.1) is 5.69 Å². The monoisotopic (exact) mass is 119 g/mol. The fraction of sp³-hybridized carbons (Fsp3) is 0.143. The van der Waals surface area contributed by atoms with Gasteiger partial charge in [0.25, 0.3) is 0 Å². The van der Waals surface area contributed by atoms with Gasteiger partial charge in [-0.1, -0.05) is 6.08 Å². The van der Waals surface area contributed by atoms with Crippen molar-refractivity contribution < 1.29 is 0 Å². The maximum absolute atomic E-state index is 3.98. The van der Waals surface area contributed by atoms with Crippen LogP contribution in [-0.4, -0.2) is 9.97 Å². The third kappa shape index (κ3) is 1.64. The van der Waals surface area contributed by atoms with Gasteiger partial charge < -0.3 is 0 Å². The van der Waals surface area contributed by atoms with Crippen LogP contribution < -0.4 is 0 Å². The molecular formula is C7H7N2. The third-order valence-electron chi connectivity index (χ3n) is 0.903. The van der Waals surface area contributed by atoms with Crippen molar-refractivity contribution in [3.8, 4) is 0 Å². The summed E-state index contributed by atoms with van der Waals surface area (Å²) in [6, 6.07) is 0. The van der Waals surface area contributed by atoms with Gasteiger partial charge in [-0.15, -0.1) is 6.58 Å². The van der Waals surface area contributed by atoms with Crippen molar-refractivity contribution in [3.05, 3.63) is 36.9 Å². The molecule has 0 aliphatic heterocycles. The van der Waals surface area contributed by atoms with Crippen molar-refractivity contribution in [2.75, 3.05) is 0 Å². The molecule has 0 amide bonds. The Morgan fingerprint density at radius 2 is 2.56 bits per heavy atom. The van der Waals surface area contributed by atoms with Crippen LogP contribution in [-0.2, 0) is 6.42 Å². The van der Waals surface area contributed by atoms with Crippen molar-refractivity contribution in [3.63, 3.8) is 0 Å². The van der Waals surface area contributed by atoms with Gasteiger partial charge in [0.2, 0.25) is 0 Å². The van der Waals surface area contributed by atoms with Crippen LogP contribution in [0.4, 0.5) is 0 Å². The normalized spacial score (nSPS) is 8.89. The predicted octanol–water partition coefficient (Wildman–Crippen LogP) is 1.01. The Morgan fingerprint density at radius 1 is 1.67 bits per heavy atom. The zero-order chi connectivity index (χ0) is 6.53. The second-order valence-electron chi connectivity index (χ2n) is 1.61. The predicted molar refractivity (Wildman–Crippen MR) is 34.8 cm³/mol. The molecule has 9 heavy (non-hydrogen) atoms. The molecule has 0 aliphatic carbocycles. The van der Waals surface area contributed by atoms with Crippen LogP contribution in [0, 0.1) is 6.20 Å². The quantitative estimate of drug-likeness (QED) is 0.543. The Balaban J connectivity index is 2.72. The summed E-state index contributed by atoms with van der Waals surface area (Å²) in [7, 11) is 0. The zero-order valence-corrected chi connectivity index (χ0v) is 5.04. The summed E-state index contributed by atoms with van der Waals surface area (Å²) in [4.78, 5) is 7.75. The second-order valence-corrected chi connectivity index (χ2v) is 1.61. The van der Waals surface area contributed by atoms with E-state index < -0.39 is 0 Å². The molecule has 0 aliphatic rings. The highest BCUT2D eigenvalue weighted by Crippen LogP contribution is 1.89. The minimum Gasteiger partial charge on any atom is -0.257 e. The van der Waals surface area contributed by atoms with E-state index in [-0.39, 0.29) is 0 Å². The van der Waals surface area contributed by atoms with Gasteiger partial charge in [-0.25, -0.2) is 0 Å². The summed E-state index contributed by atoms with van der Waals surface area (Å²) < 4.78 is 0. The zero-order valence-electron chi connectivity index (χ0n) is 5.04. The first-order chi connectivity index (χ1) is 4.43. The van der Waals surface area contributed by atoms with Crippen LogP contribution >= 0.6 is 0 Å². The van der Waals surface area contributed by atoms with E-state index in [1.807, 2.05) is 0 Å². The Labute approximate surface area is 54.3 Å². The largest absolute Gasteiger partial charge is 0.257 e. The smallest absolute Gasteiger partial charge is 0.112 e. The van der Waals surface area contributed by atoms with Crippen LogP contribution in [0.1, 0.15) is 5.69 Å². The van der Waals surface area contributed by atoms with E-state index in [9.17, 15) is 0 Å². The molecule has 1 aromatic rings. The van der Waals surface area contributed by atoms with Crippen molar-refractivity contribution in [1.29, 1.82) is 0 Å². The van der Waals surface area contributed by atoms with Gasteiger partial charge in [0.15, 0.2) is 0 Å². The van der Waals surface area contributed by atoms with Crippen LogP contribution in [0.2, 0.25) is 0 Å². The second kappa shape index (κ2) is 2.97. The number of hydrogen-bond donors (Lipinski definition) is 0. The fourth-order valence-electron chi connectivity index (χ4n) is 0.532. The molecule has 0 fully saturated rings. The Bertz CT molecular complexity index is 181. The molecule has 0 atom stereocenters. The number of aromatic nitrogens is 2. The summed E-state index contributed by atoms with van der Waals surface area (Å²) in [5.74, 6) is 0. The fourth-order valence-corrected chi connectivity index (χ4v) is 0.532. The van der Waals surface area contributed by atoms with E-state index in [0.717, 1.165) is 12.1 Å². The lowest BCUT2D eigenvalue weighted by Crippen LogP contribution is -1.86. The first-order valence-electron chi connectivity index (χ1n) is 2.72. The van der Waals surface area contributed by atoms with E-state index in [0.29, 0.717) is 0 Å². The molecule has 0 saturated heterocycles. The first-order valence-corrected chi connectivity index (χ1v) is 2.72. The lowest BCUT2D eigenvalue weighted by atomic mass is 10.3. The third-order valence-corrected chi connectivity index (χ3v) is 0.903. The molecule has 0 saturated carbocycles. The minimum atomic E-state index is 0.744. The van der Waals surface area contributed by atoms with Gasteiger partial charge in [0.1, 0.15) is 6.20 Å². The topological polar surface area (TPSA) is 25.8 Å². The van der Waals surface area contributed by atoms with Gasteiger partial charge in [-0.2, -0.15) is 0 Å². The summed E-state index contributed by atoms with van der Waals surface area (Å²) >= 11 is 0. The SMILES string of the molecule is C=CCc1[c]nccn1. The first kappa shape index (κ1) is 5.95. The Kier molecular flexibility index (Phi) is 1.96. The number of nitrogens with zero attached hydrogens (tertiary/aromatic N) is 2. The van der Waals surface area contributed by atoms with Crippen molar-refractivity contribution >= 4 is 0 Å². The molecule has 0 spiro atoms. The van der Waals surface area contributed by atoms with Crippen LogP contribution in [0.15, 0.2) is 25.0 Å². The summed E-state index contributed by atoms with van der Waals surface area (Å²) in [5.41, 5.74) is 0.840.